The van der Waals surface area contributed by atoms with Crippen molar-refractivity contribution in [1.82, 2.24) is 9.88 Å². The van der Waals surface area contributed by atoms with Crippen LogP contribution in [-0.2, 0) is 17.8 Å². The number of aromatic nitrogens is 1. The number of carboxylic acids is 1. The Morgan fingerprint density at radius 2 is 2.10 bits per heavy atom. The Morgan fingerprint density at radius 1 is 1.38 bits per heavy atom. The van der Waals surface area contributed by atoms with Crippen LogP contribution in [0.1, 0.15) is 16.3 Å². The fourth-order valence-corrected chi connectivity index (χ4v) is 2.82. The summed E-state index contributed by atoms with van der Waals surface area (Å²) in [5.41, 5.74) is 2.07. The SMILES string of the molecule is Cc1nc(CCN(CC(=O)O)Cc2ccc(Cl)cc2)cs1. The fraction of sp³-hybridized carbons (Fsp3) is 0.333. The molecule has 112 valence electrons. The molecule has 0 atom stereocenters. The molecule has 1 aromatic heterocycles. The van der Waals surface area contributed by atoms with E-state index in [1.807, 2.05) is 41.5 Å². The van der Waals surface area contributed by atoms with Crippen LogP contribution in [0.25, 0.3) is 0 Å². The van der Waals surface area contributed by atoms with E-state index in [-0.39, 0.29) is 6.54 Å². The molecule has 1 heterocycles. The minimum atomic E-state index is -0.821. The van der Waals surface area contributed by atoms with Crippen molar-refractivity contribution in [1.29, 1.82) is 0 Å². The van der Waals surface area contributed by atoms with E-state index in [4.69, 9.17) is 16.7 Å². The molecule has 0 unspecified atom stereocenters. The summed E-state index contributed by atoms with van der Waals surface area (Å²) in [4.78, 5) is 17.3. The highest BCUT2D eigenvalue weighted by Gasteiger charge is 2.11. The molecule has 0 spiro atoms. The molecule has 2 aromatic rings. The van der Waals surface area contributed by atoms with Gasteiger partial charge in [0.25, 0.3) is 0 Å². The molecule has 0 bridgehead atoms. The first kappa shape index (κ1) is 15.9. The molecule has 1 N–H and O–H groups in total. The van der Waals surface area contributed by atoms with Gasteiger partial charge >= 0.3 is 5.97 Å². The standard InChI is InChI=1S/C15H17ClN2O2S/c1-11-17-14(10-21-11)6-7-18(9-15(19)20)8-12-2-4-13(16)5-3-12/h2-5,10H,6-9H2,1H3,(H,19,20). The van der Waals surface area contributed by atoms with Crippen molar-refractivity contribution in [3.8, 4) is 0 Å². The molecule has 0 saturated carbocycles. The first-order valence-corrected chi connectivity index (χ1v) is 7.88. The smallest absolute Gasteiger partial charge is 0.317 e. The van der Waals surface area contributed by atoms with Crippen molar-refractivity contribution in [3.63, 3.8) is 0 Å². The number of aryl methyl sites for hydroxylation is 1. The number of thiazole rings is 1. The number of hydrogen-bond acceptors (Lipinski definition) is 4. The van der Waals surface area contributed by atoms with Gasteiger partial charge in [0.1, 0.15) is 0 Å². The molecular formula is C15H17ClN2O2S. The van der Waals surface area contributed by atoms with Crippen LogP contribution in [0.15, 0.2) is 29.6 Å². The Kier molecular flexibility index (Phi) is 5.73. The maximum absolute atomic E-state index is 11.0. The lowest BCUT2D eigenvalue weighted by Crippen LogP contribution is -2.31. The van der Waals surface area contributed by atoms with Crippen molar-refractivity contribution >= 4 is 28.9 Å². The minimum Gasteiger partial charge on any atom is -0.480 e. The maximum atomic E-state index is 11.0. The van der Waals surface area contributed by atoms with Crippen LogP contribution in [0.3, 0.4) is 0 Å². The van der Waals surface area contributed by atoms with Gasteiger partial charge in [0.15, 0.2) is 0 Å². The summed E-state index contributed by atoms with van der Waals surface area (Å²) < 4.78 is 0. The molecule has 1 aromatic carbocycles. The van der Waals surface area contributed by atoms with Crippen LogP contribution in [0, 0.1) is 6.92 Å². The van der Waals surface area contributed by atoms with E-state index in [0.29, 0.717) is 18.1 Å². The molecule has 0 aliphatic carbocycles. The Morgan fingerprint density at radius 3 is 2.67 bits per heavy atom. The summed E-state index contributed by atoms with van der Waals surface area (Å²) in [6, 6.07) is 7.48. The van der Waals surface area contributed by atoms with E-state index in [2.05, 4.69) is 4.98 Å². The highest BCUT2D eigenvalue weighted by atomic mass is 35.5. The molecular weight excluding hydrogens is 308 g/mol. The summed E-state index contributed by atoms with van der Waals surface area (Å²) in [5, 5.41) is 12.8. The summed E-state index contributed by atoms with van der Waals surface area (Å²) in [6.45, 7) is 3.24. The van der Waals surface area contributed by atoms with Crippen LogP contribution in [0.2, 0.25) is 5.02 Å². The van der Waals surface area contributed by atoms with Crippen molar-refractivity contribution in [2.75, 3.05) is 13.1 Å². The number of benzene rings is 1. The van der Waals surface area contributed by atoms with Gasteiger partial charge in [0, 0.05) is 29.9 Å². The second-order valence-electron chi connectivity index (χ2n) is 4.84. The molecule has 0 saturated heterocycles. The monoisotopic (exact) mass is 324 g/mol. The summed E-state index contributed by atoms with van der Waals surface area (Å²) in [6.07, 6.45) is 0.755. The molecule has 21 heavy (non-hydrogen) atoms. The number of hydrogen-bond donors (Lipinski definition) is 1. The van der Waals surface area contributed by atoms with Crippen LogP contribution < -0.4 is 0 Å². The molecule has 0 radical (unpaired) electrons. The molecule has 6 heteroatoms. The summed E-state index contributed by atoms with van der Waals surface area (Å²) in [5.74, 6) is -0.821. The van der Waals surface area contributed by atoms with Gasteiger partial charge in [-0.15, -0.1) is 11.3 Å². The lowest BCUT2D eigenvalue weighted by atomic mass is 10.2. The van der Waals surface area contributed by atoms with Gasteiger partial charge in [0.05, 0.1) is 17.2 Å². The quantitative estimate of drug-likeness (QED) is 0.849. The van der Waals surface area contributed by atoms with Crippen molar-refractivity contribution < 1.29 is 9.90 Å². The van der Waals surface area contributed by atoms with Gasteiger partial charge in [-0.05, 0) is 24.6 Å². The lowest BCUT2D eigenvalue weighted by molar-refractivity contribution is -0.138. The number of aliphatic carboxylic acids is 1. The Hall–Kier alpha value is -1.43. The van der Waals surface area contributed by atoms with E-state index in [1.54, 1.807) is 11.3 Å². The van der Waals surface area contributed by atoms with Gasteiger partial charge in [-0.3, -0.25) is 9.69 Å². The number of carbonyl (C=O) groups is 1. The highest BCUT2D eigenvalue weighted by molar-refractivity contribution is 7.09. The number of halogens is 1. The predicted octanol–water partition coefficient (Wildman–Crippen LogP) is 3.23. The van der Waals surface area contributed by atoms with E-state index in [1.165, 1.54) is 0 Å². The maximum Gasteiger partial charge on any atom is 0.317 e. The van der Waals surface area contributed by atoms with Crippen molar-refractivity contribution in [2.24, 2.45) is 0 Å². The van der Waals surface area contributed by atoms with Gasteiger partial charge in [0.2, 0.25) is 0 Å². The minimum absolute atomic E-state index is 0.0196. The number of rotatable bonds is 7. The Bertz CT molecular complexity index is 598. The van der Waals surface area contributed by atoms with Crippen LogP contribution in [0.4, 0.5) is 0 Å². The second-order valence-corrected chi connectivity index (χ2v) is 6.34. The van der Waals surface area contributed by atoms with Crippen molar-refractivity contribution in [2.45, 2.75) is 19.9 Å². The largest absolute Gasteiger partial charge is 0.480 e. The van der Waals surface area contributed by atoms with Gasteiger partial charge in [-0.1, -0.05) is 23.7 Å². The van der Waals surface area contributed by atoms with Gasteiger partial charge in [-0.2, -0.15) is 0 Å². The number of nitrogens with zero attached hydrogens (tertiary/aromatic N) is 2. The van der Waals surface area contributed by atoms with Crippen LogP contribution >= 0.6 is 22.9 Å². The van der Waals surface area contributed by atoms with E-state index in [9.17, 15) is 4.79 Å². The first-order valence-electron chi connectivity index (χ1n) is 6.62. The third-order valence-corrected chi connectivity index (χ3v) is 4.10. The number of carboxylic acid groups (broad SMARTS) is 1. The first-order chi connectivity index (χ1) is 10.0. The third-order valence-electron chi connectivity index (χ3n) is 3.03. The van der Waals surface area contributed by atoms with Gasteiger partial charge < -0.3 is 5.11 Å². The highest BCUT2D eigenvalue weighted by Crippen LogP contribution is 2.13. The second kappa shape index (κ2) is 7.54. The van der Waals surface area contributed by atoms with E-state index in [0.717, 1.165) is 22.7 Å². The summed E-state index contributed by atoms with van der Waals surface area (Å²) >= 11 is 7.48. The molecule has 0 aliphatic heterocycles. The zero-order valence-corrected chi connectivity index (χ0v) is 13.3. The average molecular weight is 325 g/mol. The zero-order valence-electron chi connectivity index (χ0n) is 11.8. The molecule has 0 fully saturated rings. The van der Waals surface area contributed by atoms with Crippen LogP contribution in [0.5, 0.6) is 0 Å². The molecule has 0 amide bonds. The molecule has 4 nitrogen and oxygen atoms in total. The van der Waals surface area contributed by atoms with Crippen molar-refractivity contribution in [3.05, 3.63) is 50.9 Å². The van der Waals surface area contributed by atoms with Gasteiger partial charge in [-0.25, -0.2) is 4.98 Å². The molecule has 2 rings (SSSR count). The normalized spacial score (nSPS) is 11.0. The Balaban J connectivity index is 1.96. The fourth-order valence-electron chi connectivity index (χ4n) is 2.05. The predicted molar refractivity (Wildman–Crippen MR) is 84.9 cm³/mol. The topological polar surface area (TPSA) is 53.4 Å². The molecule has 0 aliphatic rings. The van der Waals surface area contributed by atoms with E-state index >= 15 is 0 Å². The third kappa shape index (κ3) is 5.46. The average Bonchev–Trinajstić information content (AvgIpc) is 2.84. The summed E-state index contributed by atoms with van der Waals surface area (Å²) in [7, 11) is 0. The van der Waals surface area contributed by atoms with Crippen LogP contribution in [-0.4, -0.2) is 34.0 Å². The Labute approximate surface area is 133 Å². The van der Waals surface area contributed by atoms with E-state index < -0.39 is 5.97 Å². The zero-order chi connectivity index (χ0) is 15.2. The lowest BCUT2D eigenvalue weighted by Gasteiger charge is -2.19.